The highest BCUT2D eigenvalue weighted by molar-refractivity contribution is 9.10. The monoisotopic (exact) mass is 284 g/mol. The van der Waals surface area contributed by atoms with Crippen LogP contribution in [0.2, 0.25) is 0 Å². The van der Waals surface area contributed by atoms with Crippen LogP contribution in [0.4, 0.5) is 10.1 Å². The third-order valence-electron chi connectivity index (χ3n) is 2.93. The van der Waals surface area contributed by atoms with Crippen LogP contribution < -0.4 is 5.73 Å². The van der Waals surface area contributed by atoms with E-state index >= 15 is 0 Å². The van der Waals surface area contributed by atoms with Crippen LogP contribution in [0, 0.1) is 11.7 Å². The van der Waals surface area contributed by atoms with Gasteiger partial charge in [0.25, 0.3) is 0 Å². The van der Waals surface area contributed by atoms with Crippen molar-refractivity contribution in [3.8, 4) is 0 Å². The number of nitrogens with two attached hydrogens (primary N) is 1. The van der Waals surface area contributed by atoms with Gasteiger partial charge in [-0.2, -0.15) is 0 Å². The van der Waals surface area contributed by atoms with E-state index < -0.39 is 0 Å². The number of hydrogen-bond donors (Lipinski definition) is 1. The van der Waals surface area contributed by atoms with Crippen molar-refractivity contribution >= 4 is 27.5 Å². The maximum Gasteiger partial charge on any atom is 0.149 e. The molecule has 0 unspecified atom stereocenters. The molecule has 0 aromatic heterocycles. The highest BCUT2D eigenvalue weighted by atomic mass is 79.9. The Morgan fingerprint density at radius 1 is 1.38 bits per heavy atom. The molecule has 4 heteroatoms. The molecule has 0 bridgehead atoms. The zero-order valence-electron chi connectivity index (χ0n) is 8.92. The van der Waals surface area contributed by atoms with Crippen molar-refractivity contribution in [3.63, 3.8) is 0 Å². The van der Waals surface area contributed by atoms with Crippen molar-refractivity contribution in [3.05, 3.63) is 28.5 Å². The maximum atomic E-state index is 13.5. The molecule has 86 valence electrons. The largest absolute Gasteiger partial charge is 0.387 e. The highest BCUT2D eigenvalue weighted by Crippen LogP contribution is 2.27. The van der Waals surface area contributed by atoms with Gasteiger partial charge in [0.1, 0.15) is 17.3 Å². The summed E-state index contributed by atoms with van der Waals surface area (Å²) >= 11 is 3.21. The van der Waals surface area contributed by atoms with Gasteiger partial charge in [-0.1, -0.05) is 28.8 Å². The van der Waals surface area contributed by atoms with Crippen LogP contribution in [0.5, 0.6) is 0 Å². The van der Waals surface area contributed by atoms with Gasteiger partial charge >= 0.3 is 0 Å². The molecule has 1 aliphatic rings. The van der Waals surface area contributed by atoms with Gasteiger partial charge in [-0.3, -0.25) is 0 Å². The molecule has 0 radical (unpaired) electrons. The molecule has 0 spiro atoms. The zero-order valence-corrected chi connectivity index (χ0v) is 10.5. The van der Waals surface area contributed by atoms with Crippen LogP contribution in [0.3, 0.4) is 0 Å². The molecule has 1 aliphatic carbocycles. The molecule has 0 amide bonds. The van der Waals surface area contributed by atoms with Crippen molar-refractivity contribution in [1.29, 1.82) is 0 Å². The third kappa shape index (κ3) is 2.61. The van der Waals surface area contributed by atoms with Gasteiger partial charge in [0, 0.05) is 10.4 Å². The van der Waals surface area contributed by atoms with Gasteiger partial charge < -0.3 is 5.73 Å². The number of amidine groups is 1. The van der Waals surface area contributed by atoms with Crippen LogP contribution in [-0.2, 0) is 0 Å². The van der Waals surface area contributed by atoms with E-state index in [1.54, 1.807) is 12.1 Å². The lowest BCUT2D eigenvalue weighted by Gasteiger charge is -2.08. The van der Waals surface area contributed by atoms with E-state index in [1.165, 1.54) is 18.9 Å². The van der Waals surface area contributed by atoms with Crippen LogP contribution >= 0.6 is 15.9 Å². The second kappa shape index (κ2) is 4.95. The van der Waals surface area contributed by atoms with Crippen molar-refractivity contribution in [2.45, 2.75) is 25.7 Å². The fourth-order valence-corrected chi connectivity index (χ4v) is 2.36. The fraction of sp³-hybridized carbons (Fsp3) is 0.417. The molecule has 1 saturated carbocycles. The summed E-state index contributed by atoms with van der Waals surface area (Å²) < 4.78 is 14.2. The SMILES string of the molecule is NC(=Nc1ccc(Br)cc1F)C1CCCC1. The van der Waals surface area contributed by atoms with Crippen molar-refractivity contribution in [2.24, 2.45) is 16.6 Å². The fourth-order valence-electron chi connectivity index (χ4n) is 2.02. The molecular formula is C12H14BrFN2. The second-order valence-electron chi connectivity index (χ2n) is 4.11. The van der Waals surface area contributed by atoms with Gasteiger partial charge in [0.15, 0.2) is 0 Å². The Morgan fingerprint density at radius 3 is 2.69 bits per heavy atom. The number of nitrogens with zero attached hydrogens (tertiary/aromatic N) is 1. The first-order chi connectivity index (χ1) is 7.66. The van der Waals surface area contributed by atoms with Crippen LogP contribution in [0.1, 0.15) is 25.7 Å². The second-order valence-corrected chi connectivity index (χ2v) is 5.03. The lowest BCUT2D eigenvalue weighted by Crippen LogP contribution is -2.20. The molecular weight excluding hydrogens is 271 g/mol. The number of halogens is 2. The van der Waals surface area contributed by atoms with Crippen molar-refractivity contribution in [2.75, 3.05) is 0 Å². The molecule has 0 saturated heterocycles. The molecule has 2 nitrogen and oxygen atoms in total. The van der Waals surface area contributed by atoms with E-state index in [1.807, 2.05) is 0 Å². The Bertz CT molecular complexity index is 411. The summed E-state index contributed by atoms with van der Waals surface area (Å²) in [5.41, 5.74) is 6.22. The first-order valence-electron chi connectivity index (χ1n) is 5.46. The lowest BCUT2D eigenvalue weighted by atomic mass is 10.1. The minimum Gasteiger partial charge on any atom is -0.387 e. The van der Waals surface area contributed by atoms with E-state index in [0.717, 1.165) is 12.8 Å². The van der Waals surface area contributed by atoms with E-state index in [0.29, 0.717) is 21.9 Å². The molecule has 1 fully saturated rings. The average Bonchev–Trinajstić information content (AvgIpc) is 2.75. The van der Waals surface area contributed by atoms with Crippen LogP contribution in [0.25, 0.3) is 0 Å². The summed E-state index contributed by atoms with van der Waals surface area (Å²) in [6, 6.07) is 4.81. The highest BCUT2D eigenvalue weighted by Gasteiger charge is 2.18. The quantitative estimate of drug-likeness (QED) is 0.652. The van der Waals surface area contributed by atoms with Crippen LogP contribution in [0.15, 0.2) is 27.7 Å². The molecule has 1 aromatic rings. The van der Waals surface area contributed by atoms with E-state index in [9.17, 15) is 4.39 Å². The Morgan fingerprint density at radius 2 is 2.06 bits per heavy atom. The predicted octanol–water partition coefficient (Wildman–Crippen LogP) is 3.77. The topological polar surface area (TPSA) is 38.4 Å². The minimum absolute atomic E-state index is 0.326. The summed E-state index contributed by atoms with van der Waals surface area (Å²) in [4.78, 5) is 4.18. The Labute approximate surface area is 103 Å². The van der Waals surface area contributed by atoms with E-state index in [4.69, 9.17) is 5.73 Å². The van der Waals surface area contributed by atoms with Crippen molar-refractivity contribution < 1.29 is 4.39 Å². The first kappa shape index (κ1) is 11.6. The van der Waals surface area contributed by atoms with Gasteiger partial charge in [0.2, 0.25) is 0 Å². The van der Waals surface area contributed by atoms with E-state index in [2.05, 4.69) is 20.9 Å². The van der Waals surface area contributed by atoms with E-state index in [-0.39, 0.29) is 5.82 Å². The zero-order chi connectivity index (χ0) is 11.5. The van der Waals surface area contributed by atoms with Crippen molar-refractivity contribution in [1.82, 2.24) is 0 Å². The van der Waals surface area contributed by atoms with Gasteiger partial charge in [-0.25, -0.2) is 9.38 Å². The molecule has 0 heterocycles. The normalized spacial score (nSPS) is 18.0. The summed E-state index contributed by atoms with van der Waals surface area (Å²) in [7, 11) is 0. The molecule has 2 N–H and O–H groups in total. The molecule has 0 atom stereocenters. The molecule has 2 rings (SSSR count). The smallest absolute Gasteiger partial charge is 0.149 e. The standard InChI is InChI=1S/C12H14BrFN2/c13-9-5-6-11(10(14)7-9)16-12(15)8-3-1-2-4-8/h5-8H,1-4H2,(H2,15,16). The van der Waals surface area contributed by atoms with Gasteiger partial charge in [0.05, 0.1) is 0 Å². The lowest BCUT2D eigenvalue weighted by molar-refractivity contribution is 0.628. The van der Waals surface area contributed by atoms with Crippen LogP contribution in [-0.4, -0.2) is 5.84 Å². The summed E-state index contributed by atoms with van der Waals surface area (Å²) in [5.74, 6) is 0.567. The number of aliphatic imine (C=N–C) groups is 1. The molecule has 0 aliphatic heterocycles. The number of benzene rings is 1. The molecule has 1 aromatic carbocycles. The Balaban J connectivity index is 2.20. The first-order valence-corrected chi connectivity index (χ1v) is 6.25. The third-order valence-corrected chi connectivity index (χ3v) is 3.43. The number of hydrogen-bond acceptors (Lipinski definition) is 1. The average molecular weight is 285 g/mol. The molecule has 16 heavy (non-hydrogen) atoms. The summed E-state index contributed by atoms with van der Waals surface area (Å²) in [6.07, 6.45) is 4.55. The minimum atomic E-state index is -0.338. The predicted molar refractivity (Wildman–Crippen MR) is 67.3 cm³/mol. The summed E-state index contributed by atoms with van der Waals surface area (Å²) in [6.45, 7) is 0. The maximum absolute atomic E-state index is 13.5. The van der Waals surface area contributed by atoms with Gasteiger partial charge in [-0.15, -0.1) is 0 Å². The number of rotatable bonds is 2. The Kier molecular flexibility index (Phi) is 3.59. The Hall–Kier alpha value is -0.900. The van der Waals surface area contributed by atoms with Gasteiger partial charge in [-0.05, 0) is 31.0 Å². The summed E-state index contributed by atoms with van der Waals surface area (Å²) in [5, 5.41) is 0.